The number of amidine groups is 1. The average molecular weight is 565 g/mol. The predicted molar refractivity (Wildman–Crippen MR) is 136 cm³/mol. The number of carbonyl (C=O) groups excluding carboxylic acids is 5. The quantitative estimate of drug-likeness (QED) is 0.185. The number of hydrogen-bond donors (Lipinski definition) is 0. The van der Waals surface area contributed by atoms with Crippen molar-refractivity contribution in [2.75, 3.05) is 13.2 Å². The lowest BCUT2D eigenvalue weighted by atomic mass is 9.99. The van der Waals surface area contributed by atoms with E-state index in [1.165, 1.54) is 30.2 Å². The molecular weight excluding hydrogens is 536 g/mol. The Balaban J connectivity index is 2.03. The van der Waals surface area contributed by atoms with Crippen molar-refractivity contribution >= 4 is 52.8 Å². The van der Waals surface area contributed by atoms with Crippen LogP contribution in [0.2, 0.25) is 0 Å². The van der Waals surface area contributed by atoms with Crippen LogP contribution in [0.5, 0.6) is 0 Å². The van der Waals surface area contributed by atoms with Gasteiger partial charge in [-0.05, 0) is 12.1 Å². The molecule has 0 aromatic carbocycles. The maximum Gasteiger partial charge on any atom is 0.303 e. The van der Waals surface area contributed by atoms with Crippen molar-refractivity contribution in [3.63, 3.8) is 0 Å². The van der Waals surface area contributed by atoms with E-state index in [0.29, 0.717) is 5.76 Å². The van der Waals surface area contributed by atoms with Crippen molar-refractivity contribution in [2.24, 2.45) is 4.99 Å². The number of thioether (sulfide) groups is 1. The van der Waals surface area contributed by atoms with E-state index < -0.39 is 59.6 Å². The first-order chi connectivity index (χ1) is 18.5. The van der Waals surface area contributed by atoms with Crippen LogP contribution in [0.25, 0.3) is 6.08 Å². The van der Waals surface area contributed by atoms with Crippen LogP contribution in [0, 0.1) is 0 Å². The minimum absolute atomic E-state index is 0.0694. The fourth-order valence-electron chi connectivity index (χ4n) is 3.81. The Kier molecular flexibility index (Phi) is 10.1. The summed E-state index contributed by atoms with van der Waals surface area (Å²) in [5, 5.41) is 0.165. The number of nitrogens with zero attached hydrogens (tertiary/aromatic N) is 2. The van der Waals surface area contributed by atoms with Crippen LogP contribution in [0.3, 0.4) is 0 Å². The van der Waals surface area contributed by atoms with Crippen molar-refractivity contribution in [3.05, 3.63) is 42.5 Å². The van der Waals surface area contributed by atoms with Gasteiger partial charge in [-0.15, -0.1) is 6.58 Å². The molecule has 0 unspecified atom stereocenters. The molecule has 1 aromatic rings. The highest BCUT2D eigenvalue weighted by atomic mass is 32.2. The van der Waals surface area contributed by atoms with Crippen molar-refractivity contribution in [3.8, 4) is 0 Å². The van der Waals surface area contributed by atoms with Gasteiger partial charge >= 0.3 is 23.9 Å². The van der Waals surface area contributed by atoms with Gasteiger partial charge in [0.25, 0.3) is 5.91 Å². The zero-order valence-corrected chi connectivity index (χ0v) is 22.5. The molecule has 0 N–H and O–H groups in total. The van der Waals surface area contributed by atoms with E-state index in [0.717, 1.165) is 32.5 Å². The summed E-state index contributed by atoms with van der Waals surface area (Å²) in [5.41, 5.74) is -1.08. The van der Waals surface area contributed by atoms with E-state index in [-0.39, 0.29) is 24.0 Å². The van der Waals surface area contributed by atoms with Gasteiger partial charge in [-0.3, -0.25) is 28.9 Å². The second kappa shape index (κ2) is 13.2. The summed E-state index contributed by atoms with van der Waals surface area (Å²) in [6.45, 7) is 7.98. The molecule has 39 heavy (non-hydrogen) atoms. The molecule has 13 nitrogen and oxygen atoms in total. The minimum atomic E-state index is -1.34. The van der Waals surface area contributed by atoms with Gasteiger partial charge in [0, 0.05) is 40.3 Å². The van der Waals surface area contributed by atoms with Crippen LogP contribution in [0.1, 0.15) is 33.5 Å². The third-order valence-corrected chi connectivity index (χ3v) is 6.35. The summed E-state index contributed by atoms with van der Waals surface area (Å²) in [4.78, 5) is 66.4. The SMILES string of the molecule is C=CCN1C(=O)/C(=C/c2ccco2)N=C1S[C@@H]1O[C@H](COC(C)=O)[C@H](OC(C)=O)[C@H](OC(C)=O)[C@H]1OC(C)=O. The van der Waals surface area contributed by atoms with Crippen LogP contribution >= 0.6 is 11.8 Å². The summed E-state index contributed by atoms with van der Waals surface area (Å²) in [6, 6.07) is 3.31. The third kappa shape index (κ3) is 7.80. The van der Waals surface area contributed by atoms with Crippen molar-refractivity contribution < 1.29 is 52.1 Å². The number of ether oxygens (including phenoxy) is 5. The normalized spacial score (nSPS) is 25.6. The molecule has 0 radical (unpaired) electrons. The van der Waals surface area contributed by atoms with Crippen molar-refractivity contribution in [1.29, 1.82) is 0 Å². The fraction of sp³-hybridized carbons (Fsp3) is 0.440. The lowest BCUT2D eigenvalue weighted by Gasteiger charge is -2.44. The predicted octanol–water partition coefficient (Wildman–Crippen LogP) is 1.82. The molecule has 0 spiro atoms. The van der Waals surface area contributed by atoms with E-state index in [1.54, 1.807) is 12.1 Å². The van der Waals surface area contributed by atoms with Gasteiger partial charge in [0.2, 0.25) is 0 Å². The van der Waals surface area contributed by atoms with Gasteiger partial charge in [-0.1, -0.05) is 17.8 Å². The number of esters is 4. The van der Waals surface area contributed by atoms with Gasteiger partial charge in [-0.25, -0.2) is 4.99 Å². The number of carbonyl (C=O) groups is 5. The molecule has 0 bridgehead atoms. The largest absolute Gasteiger partial charge is 0.465 e. The number of hydrogen-bond acceptors (Lipinski definition) is 13. The van der Waals surface area contributed by atoms with Gasteiger partial charge in [0.1, 0.15) is 24.2 Å². The number of amides is 1. The minimum Gasteiger partial charge on any atom is -0.465 e. The first-order valence-corrected chi connectivity index (χ1v) is 12.6. The maximum absolute atomic E-state index is 13.1. The fourth-order valence-corrected chi connectivity index (χ4v) is 4.99. The number of rotatable bonds is 9. The van der Waals surface area contributed by atoms with E-state index in [4.69, 9.17) is 28.1 Å². The molecule has 1 fully saturated rings. The Labute approximate surface area is 228 Å². The maximum atomic E-state index is 13.1. The Bertz CT molecular complexity index is 1180. The summed E-state index contributed by atoms with van der Waals surface area (Å²) < 4.78 is 32.8. The van der Waals surface area contributed by atoms with Crippen LogP contribution in [-0.2, 0) is 47.7 Å². The lowest BCUT2D eigenvalue weighted by molar-refractivity contribution is -0.237. The summed E-state index contributed by atoms with van der Waals surface area (Å²) in [5.74, 6) is -2.91. The van der Waals surface area contributed by atoms with Crippen LogP contribution in [0.4, 0.5) is 0 Å². The highest BCUT2D eigenvalue weighted by Crippen LogP contribution is 2.37. The third-order valence-electron chi connectivity index (χ3n) is 5.21. The first-order valence-electron chi connectivity index (χ1n) is 11.7. The molecule has 0 saturated carbocycles. The van der Waals surface area contributed by atoms with Crippen LogP contribution in [0.15, 0.2) is 46.2 Å². The molecule has 0 aliphatic carbocycles. The van der Waals surface area contributed by atoms with Crippen LogP contribution < -0.4 is 0 Å². The zero-order valence-electron chi connectivity index (χ0n) is 21.7. The summed E-state index contributed by atoms with van der Waals surface area (Å²) in [6.07, 6.45) is -0.671. The summed E-state index contributed by atoms with van der Waals surface area (Å²) >= 11 is 0.900. The molecule has 210 valence electrons. The monoisotopic (exact) mass is 564 g/mol. The number of furan rings is 1. The van der Waals surface area contributed by atoms with E-state index in [1.807, 2.05) is 0 Å². The molecule has 1 amide bonds. The molecule has 2 aliphatic heterocycles. The molecule has 2 aliphatic rings. The second-order valence-electron chi connectivity index (χ2n) is 8.33. The summed E-state index contributed by atoms with van der Waals surface area (Å²) in [7, 11) is 0. The van der Waals surface area contributed by atoms with Gasteiger partial charge < -0.3 is 28.1 Å². The van der Waals surface area contributed by atoms with Crippen LogP contribution in [-0.4, -0.2) is 82.9 Å². The molecule has 14 heteroatoms. The molecule has 1 saturated heterocycles. The van der Waals surface area contributed by atoms with Crippen molar-refractivity contribution in [2.45, 2.75) is 57.5 Å². The highest BCUT2D eigenvalue weighted by Gasteiger charge is 2.53. The highest BCUT2D eigenvalue weighted by molar-refractivity contribution is 8.14. The first kappa shape index (κ1) is 29.6. The van der Waals surface area contributed by atoms with Crippen molar-refractivity contribution in [1.82, 2.24) is 4.90 Å². The van der Waals surface area contributed by atoms with E-state index >= 15 is 0 Å². The average Bonchev–Trinajstić information content (AvgIpc) is 3.45. The lowest BCUT2D eigenvalue weighted by Crippen LogP contribution is -2.61. The molecule has 1 aromatic heterocycles. The van der Waals surface area contributed by atoms with E-state index in [2.05, 4.69) is 11.6 Å². The van der Waals surface area contributed by atoms with Gasteiger partial charge in [-0.2, -0.15) is 0 Å². The Hall–Kier alpha value is -3.91. The smallest absolute Gasteiger partial charge is 0.303 e. The molecule has 3 rings (SSSR count). The molecule has 3 heterocycles. The molecule has 5 atom stereocenters. The molecular formula is C25H28N2O11S. The Morgan fingerprint density at radius 3 is 2.23 bits per heavy atom. The van der Waals surface area contributed by atoms with Gasteiger partial charge in [0.15, 0.2) is 28.9 Å². The topological polar surface area (TPSA) is 160 Å². The Morgan fingerprint density at radius 2 is 1.67 bits per heavy atom. The second-order valence-corrected chi connectivity index (χ2v) is 9.39. The van der Waals surface area contributed by atoms with E-state index in [9.17, 15) is 24.0 Å². The zero-order chi connectivity index (χ0) is 28.7. The number of aliphatic imine (C=N–C) groups is 1. The van der Waals surface area contributed by atoms with Gasteiger partial charge in [0.05, 0.1) is 6.26 Å². The standard InChI is InChI=1S/C25H28N2O11S/c1-6-9-27-23(32)18(11-17-8-7-10-33-17)26-25(27)39-24-22(37-16(5)31)21(36-15(4)30)20(35-14(3)29)19(38-24)12-34-13(2)28/h6-8,10-11,19-22,24H,1,9,12H2,2-5H3/b18-11-/t19-,20+,21+,22-,24+/m1/s1. The Morgan fingerprint density at radius 1 is 1.03 bits per heavy atom.